The molecule has 0 heterocycles. The first-order chi connectivity index (χ1) is 10.8. The summed E-state index contributed by atoms with van der Waals surface area (Å²) >= 11 is 0. The van der Waals surface area contributed by atoms with Gasteiger partial charge in [0.2, 0.25) is 5.91 Å². The van der Waals surface area contributed by atoms with Crippen molar-refractivity contribution < 1.29 is 13.6 Å². The van der Waals surface area contributed by atoms with Crippen LogP contribution in [0.1, 0.15) is 45.6 Å². The topological polar surface area (TPSA) is 29.1 Å². The standard InChI is InChI=1S/C19H27F2NO/c1-13(2)16-10-9-14(3)11-17(16)18(23)22-12-19(20,21)15-7-5-4-6-8-15/h4-8,13-14,16-17H,9-12H2,1-3H3,(H,22,23)/t14?,16-,17+/m0/s1. The minimum absolute atomic E-state index is 0.0577. The number of alkyl halides is 2. The highest BCUT2D eigenvalue weighted by Gasteiger charge is 2.37. The molecule has 4 heteroatoms. The Labute approximate surface area is 137 Å². The van der Waals surface area contributed by atoms with Crippen molar-refractivity contribution in [1.29, 1.82) is 0 Å². The number of benzene rings is 1. The molecule has 1 unspecified atom stereocenters. The highest BCUT2D eigenvalue weighted by Crippen LogP contribution is 2.38. The Hall–Kier alpha value is -1.45. The first-order valence-corrected chi connectivity index (χ1v) is 8.52. The Kier molecular flexibility index (Phi) is 5.77. The fourth-order valence-corrected chi connectivity index (χ4v) is 3.62. The second kappa shape index (κ2) is 7.41. The first-order valence-electron chi connectivity index (χ1n) is 8.52. The molecule has 1 aromatic rings. The van der Waals surface area contributed by atoms with Crippen molar-refractivity contribution >= 4 is 5.91 Å². The van der Waals surface area contributed by atoms with E-state index < -0.39 is 12.5 Å². The molecule has 2 rings (SSSR count). The molecule has 1 aliphatic rings. The number of halogens is 2. The van der Waals surface area contributed by atoms with Gasteiger partial charge in [0, 0.05) is 11.5 Å². The van der Waals surface area contributed by atoms with E-state index in [1.807, 2.05) is 0 Å². The van der Waals surface area contributed by atoms with E-state index in [0.29, 0.717) is 11.8 Å². The van der Waals surface area contributed by atoms with E-state index in [-0.39, 0.29) is 23.3 Å². The van der Waals surface area contributed by atoms with Crippen molar-refractivity contribution in [3.63, 3.8) is 0 Å². The second-order valence-electron chi connectivity index (χ2n) is 7.22. The Morgan fingerprint density at radius 2 is 1.91 bits per heavy atom. The van der Waals surface area contributed by atoms with Crippen LogP contribution in [0.25, 0.3) is 0 Å². The molecule has 1 aliphatic carbocycles. The molecule has 0 radical (unpaired) electrons. The Bertz CT molecular complexity index is 515. The average Bonchev–Trinajstić information content (AvgIpc) is 2.53. The lowest BCUT2D eigenvalue weighted by molar-refractivity contribution is -0.131. The molecule has 1 N–H and O–H groups in total. The van der Waals surface area contributed by atoms with Crippen LogP contribution in [0, 0.1) is 23.7 Å². The normalized spacial score (nSPS) is 25.4. The molecule has 0 bridgehead atoms. The molecule has 1 saturated carbocycles. The Balaban J connectivity index is 2.00. The lowest BCUT2D eigenvalue weighted by Crippen LogP contribution is -2.43. The van der Waals surface area contributed by atoms with Crippen LogP contribution in [0.15, 0.2) is 30.3 Å². The average molecular weight is 323 g/mol. The van der Waals surface area contributed by atoms with E-state index in [9.17, 15) is 13.6 Å². The molecule has 128 valence electrons. The van der Waals surface area contributed by atoms with Crippen LogP contribution in [-0.2, 0) is 10.7 Å². The van der Waals surface area contributed by atoms with E-state index in [2.05, 4.69) is 26.1 Å². The summed E-state index contributed by atoms with van der Waals surface area (Å²) in [4.78, 5) is 12.5. The van der Waals surface area contributed by atoms with Crippen LogP contribution in [0.2, 0.25) is 0 Å². The molecule has 0 spiro atoms. The summed E-state index contributed by atoms with van der Waals surface area (Å²) < 4.78 is 28.4. The van der Waals surface area contributed by atoms with Gasteiger partial charge in [-0.1, -0.05) is 57.5 Å². The predicted molar refractivity (Wildman–Crippen MR) is 88.2 cm³/mol. The van der Waals surface area contributed by atoms with Gasteiger partial charge in [0.15, 0.2) is 0 Å². The first kappa shape index (κ1) is 17.9. The molecule has 0 aliphatic heterocycles. The van der Waals surface area contributed by atoms with E-state index in [1.165, 1.54) is 12.1 Å². The van der Waals surface area contributed by atoms with E-state index in [1.54, 1.807) is 18.2 Å². The molecule has 0 saturated heterocycles. The summed E-state index contributed by atoms with van der Waals surface area (Å²) in [5.74, 6) is -2.24. The maximum atomic E-state index is 14.2. The quantitative estimate of drug-likeness (QED) is 0.843. The third kappa shape index (κ3) is 4.52. The predicted octanol–water partition coefficient (Wildman–Crippen LogP) is 4.60. The second-order valence-corrected chi connectivity index (χ2v) is 7.22. The molecule has 23 heavy (non-hydrogen) atoms. The van der Waals surface area contributed by atoms with Gasteiger partial charge < -0.3 is 5.32 Å². The van der Waals surface area contributed by atoms with Gasteiger partial charge >= 0.3 is 0 Å². The van der Waals surface area contributed by atoms with Crippen LogP contribution < -0.4 is 5.32 Å². The molecule has 3 atom stereocenters. The number of nitrogens with one attached hydrogen (secondary N) is 1. The van der Waals surface area contributed by atoms with Crippen molar-refractivity contribution in [3.8, 4) is 0 Å². The van der Waals surface area contributed by atoms with Gasteiger partial charge in [-0.15, -0.1) is 0 Å². The summed E-state index contributed by atoms with van der Waals surface area (Å²) in [5, 5.41) is 2.51. The van der Waals surface area contributed by atoms with Gasteiger partial charge in [-0.05, 0) is 30.6 Å². The summed E-state index contributed by atoms with van der Waals surface area (Å²) in [6.07, 6.45) is 2.92. The SMILES string of the molecule is CC1CC[C@@H](C(C)C)[C@H](C(=O)NCC(F)(F)c2ccccc2)C1. The van der Waals surface area contributed by atoms with Crippen LogP contribution in [-0.4, -0.2) is 12.5 Å². The fourth-order valence-electron chi connectivity index (χ4n) is 3.62. The van der Waals surface area contributed by atoms with E-state index >= 15 is 0 Å². The number of rotatable bonds is 5. The van der Waals surface area contributed by atoms with Crippen molar-refractivity contribution in [3.05, 3.63) is 35.9 Å². The lowest BCUT2D eigenvalue weighted by atomic mass is 9.70. The number of carbonyl (C=O) groups excluding carboxylic acids is 1. The molecule has 2 nitrogen and oxygen atoms in total. The van der Waals surface area contributed by atoms with Gasteiger partial charge in [-0.3, -0.25) is 4.79 Å². The van der Waals surface area contributed by atoms with Crippen LogP contribution in [0.3, 0.4) is 0 Å². The van der Waals surface area contributed by atoms with Crippen molar-refractivity contribution in [2.45, 2.75) is 46.0 Å². The van der Waals surface area contributed by atoms with Crippen LogP contribution >= 0.6 is 0 Å². The van der Waals surface area contributed by atoms with E-state index in [0.717, 1.165) is 19.3 Å². The number of carbonyl (C=O) groups is 1. The zero-order valence-corrected chi connectivity index (χ0v) is 14.2. The molecule has 0 aromatic heterocycles. The molecule has 1 amide bonds. The number of hydrogen-bond acceptors (Lipinski definition) is 1. The van der Waals surface area contributed by atoms with Gasteiger partial charge in [0.1, 0.15) is 0 Å². The smallest absolute Gasteiger partial charge is 0.290 e. The summed E-state index contributed by atoms with van der Waals surface area (Å²) in [7, 11) is 0. The van der Waals surface area contributed by atoms with Gasteiger partial charge in [-0.25, -0.2) is 0 Å². The minimum Gasteiger partial charge on any atom is -0.349 e. The summed E-state index contributed by atoms with van der Waals surface area (Å²) in [6.45, 7) is 5.72. The Morgan fingerprint density at radius 3 is 2.52 bits per heavy atom. The molecular weight excluding hydrogens is 296 g/mol. The molecule has 1 aromatic carbocycles. The van der Waals surface area contributed by atoms with Gasteiger partial charge in [0.25, 0.3) is 5.92 Å². The Morgan fingerprint density at radius 1 is 1.26 bits per heavy atom. The highest BCUT2D eigenvalue weighted by atomic mass is 19.3. The molecule has 1 fully saturated rings. The maximum absolute atomic E-state index is 14.2. The summed E-state index contributed by atoms with van der Waals surface area (Å²) in [6, 6.07) is 7.66. The van der Waals surface area contributed by atoms with Crippen molar-refractivity contribution in [1.82, 2.24) is 5.32 Å². The lowest BCUT2D eigenvalue weighted by Gasteiger charge is -2.36. The number of hydrogen-bond donors (Lipinski definition) is 1. The zero-order chi connectivity index (χ0) is 17.0. The highest BCUT2D eigenvalue weighted by molar-refractivity contribution is 5.79. The van der Waals surface area contributed by atoms with Gasteiger partial charge in [0.05, 0.1) is 6.54 Å². The zero-order valence-electron chi connectivity index (χ0n) is 14.2. The fraction of sp³-hybridized carbons (Fsp3) is 0.632. The third-order valence-corrected chi connectivity index (χ3v) is 5.04. The minimum atomic E-state index is -3.04. The van der Waals surface area contributed by atoms with Crippen molar-refractivity contribution in [2.24, 2.45) is 23.7 Å². The molecular formula is C19H27F2NO. The third-order valence-electron chi connectivity index (χ3n) is 5.04. The van der Waals surface area contributed by atoms with E-state index in [4.69, 9.17) is 0 Å². The maximum Gasteiger partial charge on any atom is 0.290 e. The van der Waals surface area contributed by atoms with Crippen molar-refractivity contribution in [2.75, 3.05) is 6.54 Å². The van der Waals surface area contributed by atoms with Gasteiger partial charge in [-0.2, -0.15) is 8.78 Å². The largest absolute Gasteiger partial charge is 0.349 e. The summed E-state index contributed by atoms with van der Waals surface area (Å²) in [5.41, 5.74) is -0.0577. The number of amides is 1. The monoisotopic (exact) mass is 323 g/mol. The van der Waals surface area contributed by atoms with Crippen LogP contribution in [0.5, 0.6) is 0 Å². The van der Waals surface area contributed by atoms with Crippen LogP contribution in [0.4, 0.5) is 8.78 Å².